The lowest BCUT2D eigenvalue weighted by Crippen LogP contribution is -2.58. The van der Waals surface area contributed by atoms with Crippen LogP contribution in [0.4, 0.5) is 10.5 Å². The summed E-state index contributed by atoms with van der Waals surface area (Å²) < 4.78 is 0. The molecule has 1 unspecified atom stereocenters. The number of nitrogens with two attached hydrogens (primary N) is 1. The van der Waals surface area contributed by atoms with E-state index in [4.69, 9.17) is 17.3 Å². The number of hydrogen-bond donors (Lipinski definition) is 4. The molecule has 3 aromatic carbocycles. The summed E-state index contributed by atoms with van der Waals surface area (Å²) in [6.45, 7) is 8.31. The number of amides is 4. The first-order valence-corrected chi connectivity index (χ1v) is 14.0. The highest BCUT2D eigenvalue weighted by Gasteiger charge is 2.50. The van der Waals surface area contributed by atoms with Crippen LogP contribution in [0.3, 0.4) is 0 Å². The molecule has 1 heterocycles. The normalized spacial score (nSPS) is 19.6. The fraction of sp³-hybridized carbons (Fsp3) is 0.344. The number of nitrogens with one attached hydrogen (secondary N) is 2. The number of carbonyl (C=O) groups is 3. The van der Waals surface area contributed by atoms with Gasteiger partial charge in [0.1, 0.15) is 0 Å². The van der Waals surface area contributed by atoms with Crippen molar-refractivity contribution in [3.8, 4) is 11.1 Å². The topological polar surface area (TPSA) is 125 Å². The molecule has 3 aromatic rings. The molecule has 4 amide bonds. The lowest BCUT2D eigenvalue weighted by Gasteiger charge is -2.51. The lowest BCUT2D eigenvalue weighted by molar-refractivity contribution is -0.156. The van der Waals surface area contributed by atoms with Gasteiger partial charge in [0.25, 0.3) is 5.91 Å². The molecule has 0 radical (unpaired) electrons. The van der Waals surface area contributed by atoms with Crippen LogP contribution in [0.5, 0.6) is 0 Å². The van der Waals surface area contributed by atoms with E-state index in [1.54, 1.807) is 47.4 Å². The van der Waals surface area contributed by atoms with Crippen LogP contribution in [0.15, 0.2) is 72.8 Å². The SMILES string of the molecule is CC(NC(=O)c1cccc(-c2ccccc2NC(N)=O)c1)[C@@H](C)C(=O)N1CC[C@](O)(c2ccc(Cl)cc2)C(C)(C)C1. The van der Waals surface area contributed by atoms with Crippen molar-refractivity contribution in [2.45, 2.75) is 45.8 Å². The van der Waals surface area contributed by atoms with Crippen LogP contribution in [-0.2, 0) is 10.4 Å². The van der Waals surface area contributed by atoms with E-state index in [0.717, 1.165) is 16.7 Å². The van der Waals surface area contributed by atoms with Crippen molar-refractivity contribution in [2.24, 2.45) is 17.1 Å². The van der Waals surface area contributed by atoms with Gasteiger partial charge in [-0.15, -0.1) is 0 Å². The van der Waals surface area contributed by atoms with Gasteiger partial charge in [-0.05, 0) is 54.8 Å². The number of para-hydroxylation sites is 1. The Kier molecular flexibility index (Phi) is 8.75. The second-order valence-corrected chi connectivity index (χ2v) is 11.9. The highest BCUT2D eigenvalue weighted by atomic mass is 35.5. The first-order chi connectivity index (χ1) is 19.3. The molecule has 1 saturated heterocycles. The molecular formula is C32H37ClN4O4. The summed E-state index contributed by atoms with van der Waals surface area (Å²) in [4.78, 5) is 39.9. The molecule has 5 N–H and O–H groups in total. The van der Waals surface area contributed by atoms with Crippen LogP contribution >= 0.6 is 11.6 Å². The molecular weight excluding hydrogens is 540 g/mol. The number of primary amides is 1. The Hall–Kier alpha value is -3.88. The number of halogens is 1. The maximum absolute atomic E-state index is 13.5. The predicted octanol–water partition coefficient (Wildman–Crippen LogP) is 5.40. The number of piperidine rings is 1. The van der Waals surface area contributed by atoms with Crippen molar-refractivity contribution in [3.05, 3.63) is 88.9 Å². The van der Waals surface area contributed by atoms with Gasteiger partial charge in [0.05, 0.1) is 17.2 Å². The van der Waals surface area contributed by atoms with Crippen molar-refractivity contribution < 1.29 is 19.5 Å². The lowest BCUT2D eigenvalue weighted by atomic mass is 9.66. The molecule has 41 heavy (non-hydrogen) atoms. The molecule has 8 nitrogen and oxygen atoms in total. The monoisotopic (exact) mass is 576 g/mol. The van der Waals surface area contributed by atoms with Crippen molar-refractivity contribution in [3.63, 3.8) is 0 Å². The van der Waals surface area contributed by atoms with Crippen LogP contribution < -0.4 is 16.4 Å². The van der Waals surface area contributed by atoms with Gasteiger partial charge >= 0.3 is 6.03 Å². The average molecular weight is 577 g/mol. The van der Waals surface area contributed by atoms with Gasteiger partial charge in [-0.1, -0.05) is 74.8 Å². The summed E-state index contributed by atoms with van der Waals surface area (Å²) in [5, 5.41) is 17.8. The fourth-order valence-corrected chi connectivity index (χ4v) is 5.62. The molecule has 216 valence electrons. The van der Waals surface area contributed by atoms with Crippen LogP contribution in [-0.4, -0.2) is 47.0 Å². The first-order valence-electron chi connectivity index (χ1n) is 13.7. The van der Waals surface area contributed by atoms with E-state index in [9.17, 15) is 19.5 Å². The Bertz CT molecular complexity index is 1440. The molecule has 0 spiro atoms. The van der Waals surface area contributed by atoms with Crippen LogP contribution in [0, 0.1) is 11.3 Å². The number of urea groups is 1. The second-order valence-electron chi connectivity index (χ2n) is 11.4. The number of anilines is 1. The summed E-state index contributed by atoms with van der Waals surface area (Å²) in [6, 6.07) is 20.3. The third-order valence-corrected chi connectivity index (χ3v) is 8.45. The second kappa shape index (κ2) is 11.9. The van der Waals surface area contributed by atoms with Gasteiger partial charge in [0.2, 0.25) is 5.91 Å². The van der Waals surface area contributed by atoms with Gasteiger partial charge in [-0.3, -0.25) is 9.59 Å². The zero-order valence-corrected chi connectivity index (χ0v) is 24.5. The number of rotatable bonds is 7. The minimum Gasteiger partial charge on any atom is -0.384 e. The number of hydrogen-bond acceptors (Lipinski definition) is 4. The highest BCUT2D eigenvalue weighted by molar-refractivity contribution is 6.30. The quantitative estimate of drug-likeness (QED) is 0.300. The Morgan fingerprint density at radius 2 is 1.68 bits per heavy atom. The highest BCUT2D eigenvalue weighted by Crippen LogP contribution is 2.46. The molecule has 0 aromatic heterocycles. The van der Waals surface area contributed by atoms with Crippen molar-refractivity contribution in [2.75, 3.05) is 18.4 Å². The minimum atomic E-state index is -1.10. The molecule has 0 aliphatic carbocycles. The molecule has 0 saturated carbocycles. The first kappa shape index (κ1) is 30.1. The summed E-state index contributed by atoms with van der Waals surface area (Å²) >= 11 is 6.05. The van der Waals surface area contributed by atoms with Gasteiger partial charge in [0.15, 0.2) is 0 Å². The van der Waals surface area contributed by atoms with E-state index in [1.807, 2.05) is 58.0 Å². The summed E-state index contributed by atoms with van der Waals surface area (Å²) in [6.07, 6.45) is 0.389. The third-order valence-electron chi connectivity index (χ3n) is 8.20. The van der Waals surface area contributed by atoms with E-state index < -0.39 is 29.0 Å². The summed E-state index contributed by atoms with van der Waals surface area (Å²) in [5.41, 5.74) is 6.81. The number of carbonyl (C=O) groups excluding carboxylic acids is 3. The number of likely N-dealkylation sites (tertiary alicyclic amines) is 1. The van der Waals surface area contributed by atoms with E-state index in [1.165, 1.54) is 0 Å². The Morgan fingerprint density at radius 3 is 2.34 bits per heavy atom. The number of nitrogens with zero attached hydrogens (tertiary/aromatic N) is 1. The molecule has 1 aliphatic rings. The zero-order valence-electron chi connectivity index (χ0n) is 23.8. The Labute approximate surface area is 245 Å². The van der Waals surface area contributed by atoms with Crippen LogP contribution in [0.2, 0.25) is 5.02 Å². The van der Waals surface area contributed by atoms with Gasteiger partial charge in [-0.25, -0.2) is 4.79 Å². The van der Waals surface area contributed by atoms with Gasteiger partial charge in [-0.2, -0.15) is 0 Å². The fourth-order valence-electron chi connectivity index (χ4n) is 5.49. The zero-order chi connectivity index (χ0) is 29.9. The van der Waals surface area contributed by atoms with E-state index in [0.29, 0.717) is 35.8 Å². The third kappa shape index (κ3) is 6.39. The summed E-state index contributed by atoms with van der Waals surface area (Å²) in [7, 11) is 0. The summed E-state index contributed by atoms with van der Waals surface area (Å²) in [5.74, 6) is -0.875. The largest absolute Gasteiger partial charge is 0.384 e. The van der Waals surface area contributed by atoms with E-state index >= 15 is 0 Å². The minimum absolute atomic E-state index is 0.0794. The van der Waals surface area contributed by atoms with Gasteiger partial charge < -0.3 is 26.4 Å². The number of aliphatic hydroxyl groups is 1. The standard InChI is InChI=1S/C32H37ClN4O4/c1-20(29(39)37-17-16-32(41,31(3,4)19-37)24-12-14-25(33)15-13-24)21(2)35-28(38)23-9-7-8-22(18-23)26-10-5-6-11-27(26)36-30(34)40/h5-15,18,20-21,41H,16-17,19H2,1-4H3,(H,35,38)(H3,34,36,40)/t20-,21?,32+/m1/s1. The Morgan fingerprint density at radius 1 is 1.00 bits per heavy atom. The molecule has 9 heteroatoms. The molecule has 4 rings (SSSR count). The van der Waals surface area contributed by atoms with E-state index in [2.05, 4.69) is 10.6 Å². The van der Waals surface area contributed by atoms with Crippen molar-refractivity contribution in [1.82, 2.24) is 10.2 Å². The van der Waals surface area contributed by atoms with Crippen molar-refractivity contribution in [1.29, 1.82) is 0 Å². The predicted molar refractivity (Wildman–Crippen MR) is 162 cm³/mol. The number of benzene rings is 3. The maximum atomic E-state index is 13.5. The molecule has 3 atom stereocenters. The molecule has 1 aliphatic heterocycles. The van der Waals surface area contributed by atoms with Crippen LogP contribution in [0.1, 0.15) is 50.0 Å². The molecule has 1 fully saturated rings. The van der Waals surface area contributed by atoms with Crippen molar-refractivity contribution >= 4 is 35.1 Å². The average Bonchev–Trinajstić information content (AvgIpc) is 2.94. The smallest absolute Gasteiger partial charge is 0.316 e. The van der Waals surface area contributed by atoms with Gasteiger partial charge in [0, 0.05) is 40.7 Å². The van der Waals surface area contributed by atoms with Crippen LogP contribution in [0.25, 0.3) is 11.1 Å². The maximum Gasteiger partial charge on any atom is 0.316 e. The molecule has 0 bridgehead atoms. The van der Waals surface area contributed by atoms with E-state index in [-0.39, 0.29) is 11.8 Å². The Balaban J connectivity index is 1.43.